The van der Waals surface area contributed by atoms with Crippen LogP contribution in [0.5, 0.6) is 0 Å². The lowest BCUT2D eigenvalue weighted by Gasteiger charge is -2.10. The molecule has 0 aliphatic heterocycles. The molecule has 6 aromatic rings. The van der Waals surface area contributed by atoms with E-state index >= 15 is 0 Å². The quantitative estimate of drug-likeness (QED) is 0.256. The van der Waals surface area contributed by atoms with Gasteiger partial charge in [0.05, 0.1) is 8.52 Å². The smallest absolute Gasteiger partial charge is 0.143 e. The van der Waals surface area contributed by atoms with Crippen molar-refractivity contribution in [1.29, 1.82) is 0 Å². The van der Waals surface area contributed by atoms with E-state index in [1.54, 1.807) is 0 Å². The van der Waals surface area contributed by atoms with E-state index in [0.29, 0.717) is 0 Å². The van der Waals surface area contributed by atoms with E-state index < -0.39 is 7.15 Å². The molecule has 0 saturated carbocycles. The molecule has 0 unspecified atom stereocenters. The van der Waals surface area contributed by atoms with Crippen LogP contribution in [0.3, 0.4) is 0 Å². The molecular weight excluding hydrogens is 335 g/mol. The molecule has 2 heteroatoms. The highest BCUT2D eigenvalue weighted by Gasteiger charge is 2.15. The van der Waals surface area contributed by atoms with Gasteiger partial charge in [-0.15, -0.1) is 0 Å². The Morgan fingerprint density at radius 2 is 1.04 bits per heavy atom. The van der Waals surface area contributed by atoms with Gasteiger partial charge in [-0.25, -0.2) is 0 Å². The molecule has 5 aromatic carbocycles. The standard InChI is InChI=1S/C24H14O.CH3F/c1-2-9-17-15(7-1)16-8-3-4-11-19(16)23-20(17)13-14-21-18-10-5-6-12-22(18)25-24(21)23;1-2/h1-14H;1H3/i;1D. The molecule has 0 fully saturated rings. The molecule has 0 N–H and O–H groups in total. The number of rotatable bonds is 0. The molecule has 0 amide bonds. The average Bonchev–Trinajstić information content (AvgIpc) is 3.13. The first kappa shape index (κ1) is 14.7. The van der Waals surface area contributed by atoms with Crippen LogP contribution in [-0.4, -0.2) is 7.15 Å². The normalized spacial score (nSPS) is 11.8. The van der Waals surface area contributed by atoms with Gasteiger partial charge in [-0.1, -0.05) is 72.8 Å². The molecule has 130 valence electrons. The van der Waals surface area contributed by atoms with Crippen LogP contribution < -0.4 is 0 Å². The monoisotopic (exact) mass is 353 g/mol. The summed E-state index contributed by atoms with van der Waals surface area (Å²) in [5.74, 6) is 0. The number of benzene rings is 5. The fraction of sp³-hybridized carbons (Fsp3) is 0.0400. The molecule has 0 aliphatic rings. The third kappa shape index (κ3) is 2.16. The van der Waals surface area contributed by atoms with Gasteiger partial charge >= 0.3 is 0 Å². The summed E-state index contributed by atoms with van der Waals surface area (Å²) in [5, 5.41) is 9.92. The number of furan rings is 1. The van der Waals surface area contributed by atoms with Crippen molar-refractivity contribution < 1.29 is 10.2 Å². The van der Waals surface area contributed by atoms with E-state index in [2.05, 4.69) is 72.8 Å². The minimum Gasteiger partial charge on any atom is -0.455 e. The van der Waals surface area contributed by atoms with Crippen LogP contribution in [0.4, 0.5) is 4.39 Å². The van der Waals surface area contributed by atoms with Crippen LogP contribution in [-0.2, 0) is 0 Å². The van der Waals surface area contributed by atoms with Crippen LogP contribution in [0.15, 0.2) is 89.3 Å². The van der Waals surface area contributed by atoms with Crippen LogP contribution in [0.1, 0.15) is 1.37 Å². The van der Waals surface area contributed by atoms with Gasteiger partial charge in [-0.05, 0) is 39.1 Å². The summed E-state index contributed by atoms with van der Waals surface area (Å²) < 4.78 is 21.8. The lowest BCUT2D eigenvalue weighted by Crippen LogP contribution is -1.83. The maximum atomic E-state index is 9.96. The van der Waals surface area contributed by atoms with E-state index in [0.717, 1.165) is 11.2 Å². The number of para-hydroxylation sites is 1. The zero-order valence-electron chi connectivity index (χ0n) is 15.6. The molecule has 27 heavy (non-hydrogen) atoms. The molecule has 0 bridgehead atoms. The second-order valence-corrected chi connectivity index (χ2v) is 6.55. The maximum Gasteiger partial charge on any atom is 0.143 e. The number of hydrogen-bond acceptors (Lipinski definition) is 1. The predicted molar refractivity (Wildman–Crippen MR) is 113 cm³/mol. The molecule has 0 saturated heterocycles. The van der Waals surface area contributed by atoms with Crippen LogP contribution in [0.25, 0.3) is 54.3 Å². The van der Waals surface area contributed by atoms with Crippen molar-refractivity contribution in [1.82, 2.24) is 0 Å². The van der Waals surface area contributed by atoms with Crippen LogP contribution in [0.2, 0.25) is 0 Å². The largest absolute Gasteiger partial charge is 0.455 e. The molecule has 6 rings (SSSR count). The fourth-order valence-electron chi connectivity index (χ4n) is 4.17. The Morgan fingerprint density at radius 1 is 0.593 bits per heavy atom. The summed E-state index contributed by atoms with van der Waals surface area (Å²) in [6, 6.07) is 30.0. The Balaban J connectivity index is 0.000000538. The lowest BCUT2D eigenvalue weighted by molar-refractivity contribution is 0.636. The van der Waals surface area contributed by atoms with Crippen molar-refractivity contribution in [3.05, 3.63) is 84.9 Å². The van der Waals surface area contributed by atoms with Gasteiger partial charge in [0, 0.05) is 16.2 Å². The third-order valence-corrected chi connectivity index (χ3v) is 5.25. The number of halogens is 1. The minimum atomic E-state index is -1.00. The van der Waals surface area contributed by atoms with Gasteiger partial charge in [0.1, 0.15) is 11.2 Å². The highest BCUT2D eigenvalue weighted by Crippen LogP contribution is 2.41. The average molecular weight is 353 g/mol. The third-order valence-electron chi connectivity index (χ3n) is 5.25. The Morgan fingerprint density at radius 3 is 1.70 bits per heavy atom. The highest BCUT2D eigenvalue weighted by atomic mass is 19.1. The van der Waals surface area contributed by atoms with E-state index in [1.165, 1.54) is 43.1 Å². The highest BCUT2D eigenvalue weighted by molar-refractivity contribution is 6.32. The molecular formula is C25H17FO. The first-order valence-electron chi connectivity index (χ1n) is 9.53. The first-order chi connectivity index (χ1) is 13.8. The van der Waals surface area contributed by atoms with Gasteiger partial charge in [-0.3, -0.25) is 4.39 Å². The van der Waals surface area contributed by atoms with Crippen LogP contribution in [0, 0.1) is 0 Å². The van der Waals surface area contributed by atoms with Crippen molar-refractivity contribution in [3.8, 4) is 0 Å². The molecule has 0 atom stereocenters. The van der Waals surface area contributed by atoms with Crippen molar-refractivity contribution >= 4 is 54.3 Å². The van der Waals surface area contributed by atoms with Gasteiger partial charge in [0.25, 0.3) is 0 Å². The predicted octanol–water partition coefficient (Wildman–Crippen LogP) is 7.63. The van der Waals surface area contributed by atoms with Crippen molar-refractivity contribution in [2.24, 2.45) is 0 Å². The summed E-state index contributed by atoms with van der Waals surface area (Å²) in [6.07, 6.45) is 0. The molecule has 0 aliphatic carbocycles. The summed E-state index contributed by atoms with van der Waals surface area (Å²) in [6.45, 7) is 0. The van der Waals surface area contributed by atoms with Crippen LogP contribution >= 0.6 is 0 Å². The second-order valence-electron chi connectivity index (χ2n) is 6.55. The Labute approximate surface area is 157 Å². The lowest BCUT2D eigenvalue weighted by atomic mass is 9.93. The Kier molecular flexibility index (Phi) is 3.33. The zero-order valence-corrected chi connectivity index (χ0v) is 14.6. The van der Waals surface area contributed by atoms with Crippen molar-refractivity contribution in [2.45, 2.75) is 0 Å². The second kappa shape index (κ2) is 6.10. The minimum absolute atomic E-state index is 0.947. The van der Waals surface area contributed by atoms with Crippen molar-refractivity contribution in [3.63, 3.8) is 0 Å². The van der Waals surface area contributed by atoms with E-state index in [4.69, 9.17) is 5.79 Å². The molecule has 0 spiro atoms. The summed E-state index contributed by atoms with van der Waals surface area (Å²) in [5.41, 5.74) is 1.93. The van der Waals surface area contributed by atoms with E-state index in [-0.39, 0.29) is 0 Å². The van der Waals surface area contributed by atoms with Gasteiger partial charge in [0.2, 0.25) is 0 Å². The number of hydrogen-bond donors (Lipinski definition) is 0. The molecule has 1 heterocycles. The summed E-state index contributed by atoms with van der Waals surface area (Å²) in [4.78, 5) is 0. The maximum absolute atomic E-state index is 9.96. The number of fused-ring (bicyclic) bond motifs is 10. The molecule has 1 nitrogen and oxygen atoms in total. The SMILES string of the molecule is [2H]CF.c1ccc2c(c1)oc1c2ccc2c3ccccc3c3ccccc3c21. The zero-order chi connectivity index (χ0) is 19.1. The number of alkyl halides is 1. The Bertz CT molecular complexity index is 1430. The summed E-state index contributed by atoms with van der Waals surface area (Å²) >= 11 is 0. The van der Waals surface area contributed by atoms with Gasteiger partial charge in [-0.2, -0.15) is 0 Å². The first-order valence-corrected chi connectivity index (χ1v) is 8.82. The molecule has 0 radical (unpaired) electrons. The Hall–Kier alpha value is -3.39. The molecule has 1 aromatic heterocycles. The van der Waals surface area contributed by atoms with Gasteiger partial charge in [0.15, 0.2) is 0 Å². The van der Waals surface area contributed by atoms with E-state index in [9.17, 15) is 4.39 Å². The van der Waals surface area contributed by atoms with E-state index in [1.807, 2.05) is 12.1 Å². The van der Waals surface area contributed by atoms with Gasteiger partial charge < -0.3 is 4.42 Å². The van der Waals surface area contributed by atoms with Crippen molar-refractivity contribution in [2.75, 3.05) is 7.15 Å². The fourth-order valence-corrected chi connectivity index (χ4v) is 4.17. The topological polar surface area (TPSA) is 13.1 Å². The summed E-state index contributed by atoms with van der Waals surface area (Å²) in [7, 11) is -1.00.